The normalized spacial score (nSPS) is 14.9. The van der Waals surface area contributed by atoms with E-state index >= 15 is 0 Å². The van der Waals surface area contributed by atoms with Crippen molar-refractivity contribution in [3.63, 3.8) is 0 Å². The van der Waals surface area contributed by atoms with E-state index in [0.29, 0.717) is 12.2 Å². The van der Waals surface area contributed by atoms with Crippen molar-refractivity contribution in [3.8, 4) is 16.9 Å². The number of ether oxygens (including phenoxy) is 3. The lowest BCUT2D eigenvalue weighted by Crippen LogP contribution is -2.38. The number of carbonyl (C=O) groups is 1. The maximum atomic E-state index is 11.9. The van der Waals surface area contributed by atoms with Gasteiger partial charge >= 0.3 is 5.97 Å². The fourth-order valence-corrected chi connectivity index (χ4v) is 2.78. The molecule has 1 aliphatic heterocycles. The molecule has 6 heteroatoms. The smallest absolute Gasteiger partial charge is 0.338 e. The molecule has 25 heavy (non-hydrogen) atoms. The number of rotatable bonds is 6. The molecule has 0 aliphatic carbocycles. The summed E-state index contributed by atoms with van der Waals surface area (Å²) in [5.74, 6) is 0.390. The molecule has 1 aromatic carbocycles. The number of nitrogens with zero attached hydrogens (tertiary/aromatic N) is 2. The Balaban J connectivity index is 1.68. The average molecular weight is 342 g/mol. The van der Waals surface area contributed by atoms with E-state index in [9.17, 15) is 4.79 Å². The predicted molar refractivity (Wildman–Crippen MR) is 93.8 cm³/mol. The molecular formula is C19H22N2O4. The molecule has 0 atom stereocenters. The third-order valence-corrected chi connectivity index (χ3v) is 4.15. The van der Waals surface area contributed by atoms with E-state index < -0.39 is 0 Å². The van der Waals surface area contributed by atoms with Gasteiger partial charge in [0.05, 0.1) is 25.9 Å². The Hall–Kier alpha value is -2.44. The molecular weight excluding hydrogens is 320 g/mol. The van der Waals surface area contributed by atoms with E-state index in [-0.39, 0.29) is 5.97 Å². The topological polar surface area (TPSA) is 60.9 Å². The van der Waals surface area contributed by atoms with E-state index in [0.717, 1.165) is 49.7 Å². The zero-order valence-corrected chi connectivity index (χ0v) is 14.3. The fourth-order valence-electron chi connectivity index (χ4n) is 2.78. The molecule has 0 N–H and O–H groups in total. The van der Waals surface area contributed by atoms with E-state index in [4.69, 9.17) is 14.2 Å². The van der Waals surface area contributed by atoms with Crippen LogP contribution in [-0.4, -0.2) is 62.4 Å². The summed E-state index contributed by atoms with van der Waals surface area (Å²) in [4.78, 5) is 18.4. The van der Waals surface area contributed by atoms with Crippen molar-refractivity contribution < 1.29 is 19.0 Å². The molecule has 1 saturated heterocycles. The maximum absolute atomic E-state index is 11.9. The van der Waals surface area contributed by atoms with Crippen LogP contribution < -0.4 is 4.74 Å². The lowest BCUT2D eigenvalue weighted by atomic mass is 10.0. The van der Waals surface area contributed by atoms with Gasteiger partial charge in [-0.05, 0) is 23.8 Å². The van der Waals surface area contributed by atoms with Gasteiger partial charge in [0.25, 0.3) is 0 Å². The van der Waals surface area contributed by atoms with Crippen LogP contribution in [0.15, 0.2) is 42.7 Å². The molecule has 0 unspecified atom stereocenters. The Morgan fingerprint density at radius 3 is 2.92 bits per heavy atom. The van der Waals surface area contributed by atoms with Gasteiger partial charge in [-0.1, -0.05) is 12.1 Å². The Morgan fingerprint density at radius 2 is 2.12 bits per heavy atom. The minimum Gasteiger partial charge on any atom is -0.492 e. The number of aromatic nitrogens is 1. The Morgan fingerprint density at radius 1 is 1.28 bits per heavy atom. The lowest BCUT2D eigenvalue weighted by Gasteiger charge is -2.26. The van der Waals surface area contributed by atoms with E-state index in [1.165, 1.54) is 7.11 Å². The molecule has 1 aliphatic rings. The Kier molecular flexibility index (Phi) is 5.98. The number of morpholine rings is 1. The van der Waals surface area contributed by atoms with E-state index in [1.54, 1.807) is 18.5 Å². The molecule has 1 fully saturated rings. The third-order valence-electron chi connectivity index (χ3n) is 4.15. The van der Waals surface area contributed by atoms with Crippen LogP contribution in [0.3, 0.4) is 0 Å². The first-order chi connectivity index (χ1) is 12.3. The zero-order valence-electron chi connectivity index (χ0n) is 14.3. The number of benzene rings is 1. The Bertz CT molecular complexity index is 714. The largest absolute Gasteiger partial charge is 0.492 e. The molecule has 0 spiro atoms. The third kappa shape index (κ3) is 4.55. The summed E-state index contributed by atoms with van der Waals surface area (Å²) < 4.78 is 16.1. The summed E-state index contributed by atoms with van der Waals surface area (Å²) in [6, 6.07) is 9.33. The van der Waals surface area contributed by atoms with Gasteiger partial charge in [0, 0.05) is 37.6 Å². The van der Waals surface area contributed by atoms with Gasteiger partial charge in [0.2, 0.25) is 0 Å². The summed E-state index contributed by atoms with van der Waals surface area (Å²) in [6.45, 7) is 4.94. The second-order valence-corrected chi connectivity index (χ2v) is 5.74. The predicted octanol–water partition coefficient (Wildman–Crippen LogP) is 2.25. The first-order valence-corrected chi connectivity index (χ1v) is 8.33. The summed E-state index contributed by atoms with van der Waals surface area (Å²) in [5.41, 5.74) is 2.09. The van der Waals surface area contributed by atoms with Crippen LogP contribution in [0, 0.1) is 0 Å². The van der Waals surface area contributed by atoms with Crippen molar-refractivity contribution in [2.24, 2.45) is 0 Å². The van der Waals surface area contributed by atoms with Gasteiger partial charge in [0.15, 0.2) is 0 Å². The summed E-state index contributed by atoms with van der Waals surface area (Å²) >= 11 is 0. The number of hydrogen-bond acceptors (Lipinski definition) is 6. The highest BCUT2D eigenvalue weighted by molar-refractivity contribution is 5.97. The lowest BCUT2D eigenvalue weighted by molar-refractivity contribution is 0.0322. The quantitative estimate of drug-likeness (QED) is 0.751. The number of carbonyl (C=O) groups excluding carboxylic acids is 1. The summed E-state index contributed by atoms with van der Waals surface area (Å²) in [7, 11) is 1.37. The van der Waals surface area contributed by atoms with E-state index in [1.807, 2.05) is 24.3 Å². The minimum atomic E-state index is -0.379. The summed E-state index contributed by atoms with van der Waals surface area (Å²) in [5, 5.41) is 0. The van der Waals surface area contributed by atoms with Crippen LogP contribution in [0.2, 0.25) is 0 Å². The van der Waals surface area contributed by atoms with Crippen LogP contribution in [0.1, 0.15) is 10.4 Å². The molecule has 0 saturated carbocycles. The monoisotopic (exact) mass is 342 g/mol. The fraction of sp³-hybridized carbons (Fsp3) is 0.368. The van der Waals surface area contributed by atoms with Gasteiger partial charge in [-0.15, -0.1) is 0 Å². The van der Waals surface area contributed by atoms with Crippen molar-refractivity contribution in [2.75, 3.05) is 46.6 Å². The minimum absolute atomic E-state index is 0.379. The van der Waals surface area contributed by atoms with Gasteiger partial charge in [0.1, 0.15) is 12.4 Å². The van der Waals surface area contributed by atoms with Gasteiger partial charge < -0.3 is 14.2 Å². The molecule has 0 radical (unpaired) electrons. The first kappa shape index (κ1) is 17.4. The van der Waals surface area contributed by atoms with Crippen LogP contribution in [0.5, 0.6) is 5.75 Å². The number of hydrogen-bond donors (Lipinski definition) is 0. The van der Waals surface area contributed by atoms with Crippen molar-refractivity contribution >= 4 is 5.97 Å². The van der Waals surface area contributed by atoms with Crippen LogP contribution in [-0.2, 0) is 9.47 Å². The van der Waals surface area contributed by atoms with Crippen LogP contribution >= 0.6 is 0 Å². The zero-order chi connectivity index (χ0) is 17.5. The molecule has 0 bridgehead atoms. The number of esters is 1. The van der Waals surface area contributed by atoms with Crippen LogP contribution in [0.25, 0.3) is 11.1 Å². The highest BCUT2D eigenvalue weighted by Gasteiger charge is 2.14. The first-order valence-electron chi connectivity index (χ1n) is 8.33. The molecule has 2 aromatic rings. The standard InChI is InChI=1S/C19H22N2O4/c1-23-19(22)17-5-6-20-14-18(17)15-3-2-4-16(13-15)25-12-9-21-7-10-24-11-8-21/h2-6,13-14H,7-12H2,1H3. The Labute approximate surface area is 147 Å². The summed E-state index contributed by atoms with van der Waals surface area (Å²) in [6.07, 6.45) is 3.25. The number of pyridine rings is 1. The van der Waals surface area contributed by atoms with E-state index in [2.05, 4.69) is 9.88 Å². The molecule has 0 amide bonds. The second kappa shape index (κ2) is 8.60. The molecule has 3 rings (SSSR count). The van der Waals surface area contributed by atoms with Crippen LogP contribution in [0.4, 0.5) is 0 Å². The van der Waals surface area contributed by atoms with Crippen molar-refractivity contribution in [1.82, 2.24) is 9.88 Å². The van der Waals surface area contributed by atoms with Gasteiger partial charge in [-0.3, -0.25) is 9.88 Å². The average Bonchev–Trinajstić information content (AvgIpc) is 2.68. The highest BCUT2D eigenvalue weighted by Crippen LogP contribution is 2.26. The van der Waals surface area contributed by atoms with Crippen molar-refractivity contribution in [1.29, 1.82) is 0 Å². The molecule has 2 heterocycles. The van der Waals surface area contributed by atoms with Crippen molar-refractivity contribution in [2.45, 2.75) is 0 Å². The molecule has 6 nitrogen and oxygen atoms in total. The van der Waals surface area contributed by atoms with Crippen molar-refractivity contribution in [3.05, 3.63) is 48.3 Å². The van der Waals surface area contributed by atoms with Gasteiger partial charge in [-0.2, -0.15) is 0 Å². The SMILES string of the molecule is COC(=O)c1ccncc1-c1cccc(OCCN2CCOCC2)c1. The van der Waals surface area contributed by atoms with Gasteiger partial charge in [-0.25, -0.2) is 4.79 Å². The number of methoxy groups -OCH3 is 1. The second-order valence-electron chi connectivity index (χ2n) is 5.74. The molecule has 132 valence electrons. The molecule has 1 aromatic heterocycles. The highest BCUT2D eigenvalue weighted by atomic mass is 16.5. The maximum Gasteiger partial charge on any atom is 0.338 e.